The van der Waals surface area contributed by atoms with E-state index >= 15 is 0 Å². The fraction of sp³-hybridized carbons (Fsp3) is 0.167. The first-order chi connectivity index (χ1) is 4.34. The molecule has 0 saturated carbocycles. The molecule has 0 aliphatic rings. The molecule has 1 N–H and O–H groups in total. The zero-order valence-corrected chi connectivity index (χ0v) is 4.99. The van der Waals surface area contributed by atoms with Gasteiger partial charge in [-0.1, -0.05) is 6.08 Å². The van der Waals surface area contributed by atoms with Gasteiger partial charge in [-0.2, -0.15) is 5.10 Å². The van der Waals surface area contributed by atoms with Gasteiger partial charge in [0.25, 0.3) is 0 Å². The van der Waals surface area contributed by atoms with E-state index < -0.39 is 0 Å². The maximum absolute atomic E-state index is 8.93. The molecular formula is C6H8N2O. The fourth-order valence-electron chi connectivity index (χ4n) is 0.589. The van der Waals surface area contributed by atoms with Crippen LogP contribution in [-0.4, -0.2) is 14.9 Å². The fourth-order valence-corrected chi connectivity index (χ4v) is 0.589. The lowest BCUT2D eigenvalue weighted by molar-refractivity contribution is 0.411. The van der Waals surface area contributed by atoms with Crippen molar-refractivity contribution >= 4 is 0 Å². The number of rotatable bonds is 2. The predicted octanol–water partition coefficient (Wildman–Crippen LogP) is 0.775. The molecule has 0 atom stereocenters. The summed E-state index contributed by atoms with van der Waals surface area (Å²) in [5.74, 6) is 0.176. The third kappa shape index (κ3) is 1.10. The highest BCUT2D eigenvalue weighted by Gasteiger charge is 1.93. The zero-order valence-electron chi connectivity index (χ0n) is 4.99. The molecule has 9 heavy (non-hydrogen) atoms. The first kappa shape index (κ1) is 5.88. The van der Waals surface area contributed by atoms with Gasteiger partial charge in [0.1, 0.15) is 0 Å². The van der Waals surface area contributed by atoms with E-state index in [2.05, 4.69) is 11.7 Å². The summed E-state index contributed by atoms with van der Waals surface area (Å²) >= 11 is 0. The molecule has 0 aliphatic carbocycles. The van der Waals surface area contributed by atoms with Crippen molar-refractivity contribution in [1.29, 1.82) is 0 Å². The Balaban J connectivity index is 2.80. The van der Waals surface area contributed by atoms with E-state index in [1.165, 1.54) is 10.7 Å². The summed E-state index contributed by atoms with van der Waals surface area (Å²) in [6.07, 6.45) is 3.21. The molecule has 0 unspecified atom stereocenters. The van der Waals surface area contributed by atoms with Gasteiger partial charge < -0.3 is 5.11 Å². The molecule has 0 amide bonds. The van der Waals surface area contributed by atoms with Crippen LogP contribution >= 0.6 is 0 Å². The van der Waals surface area contributed by atoms with E-state index in [1.54, 1.807) is 12.3 Å². The molecule has 1 heterocycles. The highest BCUT2D eigenvalue weighted by molar-refractivity contribution is 5.05. The molecule has 0 radical (unpaired) electrons. The van der Waals surface area contributed by atoms with E-state index in [4.69, 9.17) is 5.11 Å². The molecule has 1 rings (SSSR count). The number of hydrogen-bond donors (Lipinski definition) is 1. The number of hydrogen-bond acceptors (Lipinski definition) is 2. The number of aromatic nitrogens is 2. The van der Waals surface area contributed by atoms with Gasteiger partial charge in [0.2, 0.25) is 5.88 Å². The maximum atomic E-state index is 8.93. The van der Waals surface area contributed by atoms with Crippen LogP contribution in [0.25, 0.3) is 0 Å². The Labute approximate surface area is 53.2 Å². The minimum atomic E-state index is 0.176. The highest BCUT2D eigenvalue weighted by Crippen LogP contribution is 2.04. The molecule has 48 valence electrons. The average Bonchev–Trinajstić information content (AvgIpc) is 2.18. The molecule has 0 spiro atoms. The first-order valence-corrected chi connectivity index (χ1v) is 2.66. The lowest BCUT2D eigenvalue weighted by Crippen LogP contribution is -1.94. The van der Waals surface area contributed by atoms with Crippen molar-refractivity contribution in [1.82, 2.24) is 9.78 Å². The lowest BCUT2D eigenvalue weighted by Gasteiger charge is -1.94. The molecule has 0 aliphatic heterocycles. The molecule has 1 aromatic rings. The second-order valence-electron chi connectivity index (χ2n) is 1.66. The van der Waals surface area contributed by atoms with E-state index in [9.17, 15) is 0 Å². The van der Waals surface area contributed by atoms with Crippen molar-refractivity contribution in [2.75, 3.05) is 0 Å². The third-order valence-electron chi connectivity index (χ3n) is 0.996. The van der Waals surface area contributed by atoms with Crippen molar-refractivity contribution in [2.24, 2.45) is 0 Å². The molecular weight excluding hydrogens is 116 g/mol. The van der Waals surface area contributed by atoms with Crippen LogP contribution in [0.15, 0.2) is 24.9 Å². The van der Waals surface area contributed by atoms with Crippen molar-refractivity contribution in [3.63, 3.8) is 0 Å². The first-order valence-electron chi connectivity index (χ1n) is 2.66. The van der Waals surface area contributed by atoms with E-state index in [-0.39, 0.29) is 5.88 Å². The summed E-state index contributed by atoms with van der Waals surface area (Å²) in [6.45, 7) is 4.06. The quantitative estimate of drug-likeness (QED) is 0.591. The summed E-state index contributed by atoms with van der Waals surface area (Å²) in [4.78, 5) is 0. The number of nitrogens with zero attached hydrogens (tertiary/aromatic N) is 2. The van der Waals surface area contributed by atoms with Gasteiger partial charge in [-0.15, -0.1) is 6.58 Å². The SMILES string of the molecule is C=CCn1nccc1O. The number of allylic oxidation sites excluding steroid dienone is 1. The largest absolute Gasteiger partial charge is 0.493 e. The Morgan fingerprint density at radius 2 is 2.67 bits per heavy atom. The minimum Gasteiger partial charge on any atom is -0.493 e. The summed E-state index contributed by atoms with van der Waals surface area (Å²) in [7, 11) is 0. The average molecular weight is 124 g/mol. The van der Waals surface area contributed by atoms with Crippen LogP contribution in [0.2, 0.25) is 0 Å². The van der Waals surface area contributed by atoms with Gasteiger partial charge in [0, 0.05) is 6.07 Å². The van der Waals surface area contributed by atoms with Gasteiger partial charge in [-0.3, -0.25) is 0 Å². The van der Waals surface area contributed by atoms with Crippen LogP contribution in [0, 0.1) is 0 Å². The lowest BCUT2D eigenvalue weighted by atomic mass is 10.6. The standard InChI is InChI=1S/C6H8N2O/c1-2-5-8-6(9)3-4-7-8/h2-4,9H,1,5H2. The third-order valence-corrected chi connectivity index (χ3v) is 0.996. The van der Waals surface area contributed by atoms with E-state index in [0.29, 0.717) is 6.54 Å². The Bertz CT molecular complexity index is 205. The van der Waals surface area contributed by atoms with Crippen LogP contribution in [0.3, 0.4) is 0 Å². The number of aromatic hydroxyl groups is 1. The van der Waals surface area contributed by atoms with Gasteiger partial charge >= 0.3 is 0 Å². The molecule has 3 heteroatoms. The minimum absolute atomic E-state index is 0.176. The van der Waals surface area contributed by atoms with Crippen LogP contribution in [0.4, 0.5) is 0 Å². The van der Waals surface area contributed by atoms with Crippen molar-refractivity contribution in [3.05, 3.63) is 24.9 Å². The summed E-state index contributed by atoms with van der Waals surface area (Å²) in [6, 6.07) is 1.53. The molecule has 1 aromatic heterocycles. The molecule has 3 nitrogen and oxygen atoms in total. The van der Waals surface area contributed by atoms with Gasteiger partial charge in [0.05, 0.1) is 12.7 Å². The predicted molar refractivity (Wildman–Crippen MR) is 34.1 cm³/mol. The van der Waals surface area contributed by atoms with Crippen LogP contribution < -0.4 is 0 Å². The molecule has 0 aromatic carbocycles. The summed E-state index contributed by atoms with van der Waals surface area (Å²) < 4.78 is 1.45. The van der Waals surface area contributed by atoms with Crippen molar-refractivity contribution in [2.45, 2.75) is 6.54 Å². The summed E-state index contributed by atoms with van der Waals surface area (Å²) in [5, 5.41) is 12.7. The van der Waals surface area contributed by atoms with Gasteiger partial charge in [0.15, 0.2) is 0 Å². The monoisotopic (exact) mass is 124 g/mol. The van der Waals surface area contributed by atoms with Crippen molar-refractivity contribution in [3.8, 4) is 5.88 Å². The van der Waals surface area contributed by atoms with Crippen LogP contribution in [0.5, 0.6) is 5.88 Å². The molecule has 0 saturated heterocycles. The van der Waals surface area contributed by atoms with Crippen LogP contribution in [0.1, 0.15) is 0 Å². The summed E-state index contributed by atoms with van der Waals surface area (Å²) in [5.41, 5.74) is 0. The Kier molecular flexibility index (Phi) is 1.53. The second-order valence-corrected chi connectivity index (χ2v) is 1.66. The highest BCUT2D eigenvalue weighted by atomic mass is 16.3. The van der Waals surface area contributed by atoms with Gasteiger partial charge in [-0.05, 0) is 0 Å². The smallest absolute Gasteiger partial charge is 0.209 e. The zero-order chi connectivity index (χ0) is 6.69. The second kappa shape index (κ2) is 2.35. The van der Waals surface area contributed by atoms with Gasteiger partial charge in [-0.25, -0.2) is 4.68 Å². The Morgan fingerprint density at radius 1 is 1.89 bits per heavy atom. The molecule has 0 fully saturated rings. The van der Waals surface area contributed by atoms with Crippen LogP contribution in [-0.2, 0) is 6.54 Å². The van der Waals surface area contributed by atoms with E-state index in [1.807, 2.05) is 0 Å². The normalized spacial score (nSPS) is 9.33. The van der Waals surface area contributed by atoms with Crippen molar-refractivity contribution < 1.29 is 5.11 Å². The maximum Gasteiger partial charge on any atom is 0.209 e. The topological polar surface area (TPSA) is 38.0 Å². The molecule has 0 bridgehead atoms. The van der Waals surface area contributed by atoms with E-state index in [0.717, 1.165) is 0 Å². The Morgan fingerprint density at radius 3 is 3.11 bits per heavy atom. The Hall–Kier alpha value is -1.25.